The van der Waals surface area contributed by atoms with Crippen LogP contribution < -0.4 is 14.9 Å². The summed E-state index contributed by atoms with van der Waals surface area (Å²) in [5, 5.41) is 0. The Labute approximate surface area is 244 Å². The minimum Gasteiger partial charge on any atom is -0.457 e. The number of alkyl halides is 3. The Morgan fingerprint density at radius 3 is 2.59 bits per heavy atom. The van der Waals surface area contributed by atoms with Gasteiger partial charge in [0.25, 0.3) is 5.56 Å². The number of hydrogen-bond acceptors (Lipinski definition) is 4. The van der Waals surface area contributed by atoms with Crippen molar-refractivity contribution in [1.29, 1.82) is 0 Å². The number of fused-ring (bicyclic) bond motifs is 3. The topological polar surface area (TPSA) is 47.5 Å². The maximum Gasteiger partial charge on any atom is 0.416 e. The van der Waals surface area contributed by atoms with Crippen molar-refractivity contribution < 1.29 is 17.6 Å². The van der Waals surface area contributed by atoms with E-state index in [4.69, 9.17) is 9.41 Å². The van der Waals surface area contributed by atoms with Crippen LogP contribution in [0.15, 0.2) is 109 Å². The Balaban J connectivity index is 1.36. The summed E-state index contributed by atoms with van der Waals surface area (Å²) in [6, 6.07) is 24.2. The van der Waals surface area contributed by atoms with Crippen LogP contribution in [0.2, 0.25) is 0 Å². The number of allylic oxidation sites excluding steroid dienone is 1. The lowest BCUT2D eigenvalue weighted by Crippen LogP contribution is -2.38. The van der Waals surface area contributed by atoms with E-state index in [0.29, 0.717) is 20.7 Å². The van der Waals surface area contributed by atoms with Crippen molar-refractivity contribution in [2.24, 2.45) is 4.99 Å². The minimum absolute atomic E-state index is 0.191. The van der Waals surface area contributed by atoms with Gasteiger partial charge in [-0.3, -0.25) is 9.36 Å². The summed E-state index contributed by atoms with van der Waals surface area (Å²) in [4.78, 5) is 19.5. The van der Waals surface area contributed by atoms with Gasteiger partial charge in [0.1, 0.15) is 11.5 Å². The van der Waals surface area contributed by atoms with Gasteiger partial charge in [-0.1, -0.05) is 75.8 Å². The van der Waals surface area contributed by atoms with E-state index in [1.54, 1.807) is 28.8 Å². The van der Waals surface area contributed by atoms with E-state index in [2.05, 4.69) is 28.1 Å². The summed E-state index contributed by atoms with van der Waals surface area (Å²) in [6.45, 7) is 0. The van der Waals surface area contributed by atoms with Crippen LogP contribution in [-0.4, -0.2) is 4.57 Å². The van der Waals surface area contributed by atoms with Crippen LogP contribution in [0, 0.1) is 0 Å². The maximum atomic E-state index is 13.9. The first-order valence-corrected chi connectivity index (χ1v) is 14.5. The average Bonchev–Trinajstić information content (AvgIpc) is 3.56. The van der Waals surface area contributed by atoms with Crippen molar-refractivity contribution in [3.05, 3.63) is 143 Å². The molecule has 0 bridgehead atoms. The monoisotopic (exact) mass is 632 g/mol. The molecule has 0 fully saturated rings. The number of aryl methyl sites for hydroxylation is 1. The zero-order chi connectivity index (χ0) is 28.3. The summed E-state index contributed by atoms with van der Waals surface area (Å²) in [5.41, 5.74) is 4.71. The molecule has 0 unspecified atom stereocenters. The SMILES string of the molecule is O=c1/c(=C/c2ccc(-c3cccc(C(F)(F)F)c3)o2)sc2n1[C@@H](c1ccc(Br)cc1)C1=C(N=2)c2ccccc2CC1. The van der Waals surface area contributed by atoms with E-state index in [1.165, 1.54) is 23.0 Å². The summed E-state index contributed by atoms with van der Waals surface area (Å²) < 4.78 is 48.7. The van der Waals surface area contributed by atoms with Crippen LogP contribution >= 0.6 is 27.3 Å². The fourth-order valence-corrected chi connectivity index (χ4v) is 6.78. The number of hydrogen-bond donors (Lipinski definition) is 0. The molecule has 5 aromatic rings. The van der Waals surface area contributed by atoms with Crippen LogP contribution in [0.1, 0.15) is 40.5 Å². The molecule has 9 heteroatoms. The zero-order valence-corrected chi connectivity index (χ0v) is 23.7. The number of halogens is 4. The molecule has 2 aromatic heterocycles. The van der Waals surface area contributed by atoms with Crippen LogP contribution in [0.4, 0.5) is 13.2 Å². The smallest absolute Gasteiger partial charge is 0.416 e. The second kappa shape index (κ2) is 9.85. The molecule has 4 nitrogen and oxygen atoms in total. The van der Waals surface area contributed by atoms with Gasteiger partial charge in [0.15, 0.2) is 4.80 Å². The lowest BCUT2D eigenvalue weighted by Gasteiger charge is -2.30. The first-order valence-electron chi connectivity index (χ1n) is 12.9. The van der Waals surface area contributed by atoms with Gasteiger partial charge in [0.05, 0.1) is 21.8 Å². The third-order valence-electron chi connectivity index (χ3n) is 7.43. The maximum absolute atomic E-state index is 13.9. The molecule has 7 rings (SSSR count). The number of aromatic nitrogens is 1. The first kappa shape index (κ1) is 26.0. The summed E-state index contributed by atoms with van der Waals surface area (Å²) in [6.07, 6.45) is -1.16. The van der Waals surface area contributed by atoms with Gasteiger partial charge in [-0.05, 0) is 65.9 Å². The van der Waals surface area contributed by atoms with Gasteiger partial charge in [-0.2, -0.15) is 13.2 Å². The van der Waals surface area contributed by atoms with Crippen LogP contribution in [0.5, 0.6) is 0 Å². The Morgan fingerprint density at radius 1 is 0.976 bits per heavy atom. The molecular weight excluding hydrogens is 613 g/mol. The highest BCUT2D eigenvalue weighted by Crippen LogP contribution is 2.41. The van der Waals surface area contributed by atoms with Crippen LogP contribution in [0.3, 0.4) is 0 Å². The second-order valence-electron chi connectivity index (χ2n) is 9.95. The normalized spacial score (nSPS) is 16.7. The largest absolute Gasteiger partial charge is 0.457 e. The Bertz CT molecular complexity index is 2030. The summed E-state index contributed by atoms with van der Waals surface area (Å²) in [7, 11) is 0. The van der Waals surface area contributed by atoms with Gasteiger partial charge >= 0.3 is 6.18 Å². The predicted octanol–water partition coefficient (Wildman–Crippen LogP) is 7.36. The van der Waals surface area contributed by atoms with E-state index in [9.17, 15) is 18.0 Å². The fraction of sp³-hybridized carbons (Fsp3) is 0.125. The first-order chi connectivity index (χ1) is 19.8. The number of thiazole rings is 1. The lowest BCUT2D eigenvalue weighted by atomic mass is 9.83. The quantitative estimate of drug-likeness (QED) is 0.209. The van der Waals surface area contributed by atoms with Crippen LogP contribution in [0.25, 0.3) is 23.1 Å². The molecule has 0 spiro atoms. The van der Waals surface area contributed by atoms with Crippen molar-refractivity contribution in [2.75, 3.05) is 0 Å². The summed E-state index contributed by atoms with van der Waals surface area (Å²) in [5.74, 6) is 0.659. The Morgan fingerprint density at radius 2 is 1.78 bits per heavy atom. The molecule has 2 aliphatic rings. The number of rotatable bonds is 3. The number of benzene rings is 3. The van der Waals surface area contributed by atoms with E-state index in [1.807, 2.05) is 36.4 Å². The molecule has 1 atom stereocenters. The molecule has 3 heterocycles. The Hall–Kier alpha value is -3.95. The van der Waals surface area contributed by atoms with E-state index in [-0.39, 0.29) is 17.4 Å². The van der Waals surface area contributed by atoms with Gasteiger partial charge in [0.2, 0.25) is 0 Å². The number of furan rings is 1. The van der Waals surface area contributed by atoms with Gasteiger partial charge in [-0.15, -0.1) is 0 Å². The molecule has 1 aliphatic carbocycles. The average molecular weight is 633 g/mol. The van der Waals surface area contributed by atoms with E-state index >= 15 is 0 Å². The fourth-order valence-electron chi connectivity index (χ4n) is 5.53. The van der Waals surface area contributed by atoms with Crippen molar-refractivity contribution in [3.63, 3.8) is 0 Å². The molecule has 0 saturated heterocycles. The highest BCUT2D eigenvalue weighted by Gasteiger charge is 2.33. The molecule has 0 amide bonds. The second-order valence-corrected chi connectivity index (χ2v) is 11.9. The minimum atomic E-state index is -4.45. The third-order valence-corrected chi connectivity index (χ3v) is 8.94. The van der Waals surface area contributed by atoms with E-state index < -0.39 is 11.7 Å². The molecule has 204 valence electrons. The molecule has 0 N–H and O–H groups in total. The van der Waals surface area contributed by atoms with Crippen molar-refractivity contribution in [3.8, 4) is 11.3 Å². The standard InChI is InChI=1S/C32H20BrF3N2O2S/c33-22-11-8-19(9-12-22)29-25-14-10-18-4-1-2-7-24(18)28(25)37-31-38(29)30(39)27(41-31)17-23-13-15-26(40-23)20-5-3-6-21(16-20)32(34,35)36/h1-9,11-13,15-17,29H,10,14H2/b27-17-/t29-/m0/s1. The van der Waals surface area contributed by atoms with Crippen molar-refractivity contribution >= 4 is 39.0 Å². The van der Waals surface area contributed by atoms with Crippen molar-refractivity contribution in [2.45, 2.75) is 25.1 Å². The van der Waals surface area contributed by atoms with Crippen LogP contribution in [-0.2, 0) is 12.6 Å². The molecule has 3 aromatic carbocycles. The highest BCUT2D eigenvalue weighted by molar-refractivity contribution is 9.10. The van der Waals surface area contributed by atoms with Gasteiger partial charge < -0.3 is 4.42 Å². The Kier molecular flexibility index (Phi) is 6.24. The van der Waals surface area contributed by atoms with Crippen molar-refractivity contribution in [1.82, 2.24) is 4.57 Å². The van der Waals surface area contributed by atoms with Gasteiger partial charge in [0, 0.05) is 21.7 Å². The molecule has 0 radical (unpaired) electrons. The zero-order valence-electron chi connectivity index (χ0n) is 21.3. The predicted molar refractivity (Wildman–Crippen MR) is 156 cm³/mol. The molecule has 41 heavy (non-hydrogen) atoms. The molecule has 0 saturated carbocycles. The lowest BCUT2D eigenvalue weighted by molar-refractivity contribution is -0.137. The van der Waals surface area contributed by atoms with Gasteiger partial charge in [-0.25, -0.2) is 4.99 Å². The summed E-state index contributed by atoms with van der Waals surface area (Å²) >= 11 is 4.79. The highest BCUT2D eigenvalue weighted by atomic mass is 79.9. The molecular formula is C32H20BrF3N2O2S. The number of nitrogens with zero attached hydrogens (tertiary/aromatic N) is 2. The third kappa shape index (κ3) is 4.63. The van der Waals surface area contributed by atoms with E-state index in [0.717, 1.165) is 51.8 Å². The molecule has 1 aliphatic heterocycles.